The molecule has 0 fully saturated rings. The quantitative estimate of drug-likeness (QED) is 0.639. The van der Waals surface area contributed by atoms with Gasteiger partial charge >= 0.3 is 11.7 Å². The van der Waals surface area contributed by atoms with Gasteiger partial charge < -0.3 is 15.4 Å². The SMILES string of the molecule is O=C(O)c1ccc(NC(=O)c2c[nH]c(=O)[nH]c2=O)c(F)c1. The van der Waals surface area contributed by atoms with Gasteiger partial charge in [0.1, 0.15) is 11.4 Å². The van der Waals surface area contributed by atoms with Crippen molar-refractivity contribution < 1.29 is 19.1 Å². The third-order valence-electron chi connectivity index (χ3n) is 2.53. The predicted octanol–water partition coefficient (Wildman–Crippen LogP) is 0.153. The van der Waals surface area contributed by atoms with Crippen LogP contribution in [-0.4, -0.2) is 27.0 Å². The lowest BCUT2D eigenvalue weighted by Crippen LogP contribution is -2.29. The van der Waals surface area contributed by atoms with Crippen LogP contribution >= 0.6 is 0 Å². The molecule has 2 rings (SSSR count). The molecular formula is C12H8FN3O5. The van der Waals surface area contributed by atoms with Crippen LogP contribution in [-0.2, 0) is 0 Å². The first-order valence-corrected chi connectivity index (χ1v) is 5.54. The second-order valence-corrected chi connectivity index (χ2v) is 3.94. The molecule has 108 valence electrons. The van der Waals surface area contributed by atoms with E-state index in [0.717, 1.165) is 24.4 Å². The molecule has 1 heterocycles. The van der Waals surface area contributed by atoms with Gasteiger partial charge in [-0.3, -0.25) is 14.6 Å². The minimum atomic E-state index is -1.32. The van der Waals surface area contributed by atoms with E-state index in [1.807, 2.05) is 4.98 Å². The summed E-state index contributed by atoms with van der Waals surface area (Å²) in [5, 5.41) is 10.8. The molecule has 0 radical (unpaired) electrons. The highest BCUT2D eigenvalue weighted by molar-refractivity contribution is 6.04. The maximum absolute atomic E-state index is 13.6. The van der Waals surface area contributed by atoms with Gasteiger partial charge in [-0.1, -0.05) is 0 Å². The van der Waals surface area contributed by atoms with Crippen LogP contribution in [0.2, 0.25) is 0 Å². The maximum Gasteiger partial charge on any atom is 0.335 e. The van der Waals surface area contributed by atoms with E-state index in [4.69, 9.17) is 5.11 Å². The number of aromatic carboxylic acids is 1. The second-order valence-electron chi connectivity index (χ2n) is 3.94. The Bertz CT molecular complexity index is 839. The molecule has 0 bridgehead atoms. The van der Waals surface area contributed by atoms with E-state index in [-0.39, 0.29) is 11.3 Å². The fraction of sp³-hybridized carbons (Fsp3) is 0. The Hall–Kier alpha value is -3.23. The van der Waals surface area contributed by atoms with Crippen molar-refractivity contribution in [3.8, 4) is 0 Å². The molecule has 0 aliphatic rings. The summed E-state index contributed by atoms with van der Waals surface area (Å²) in [6, 6.07) is 2.88. The van der Waals surface area contributed by atoms with Crippen molar-refractivity contribution in [1.29, 1.82) is 0 Å². The molecule has 0 saturated carbocycles. The molecule has 4 N–H and O–H groups in total. The molecule has 21 heavy (non-hydrogen) atoms. The number of rotatable bonds is 3. The molecule has 0 spiro atoms. The van der Waals surface area contributed by atoms with Crippen molar-refractivity contribution in [2.24, 2.45) is 0 Å². The van der Waals surface area contributed by atoms with Gasteiger partial charge in [0.2, 0.25) is 0 Å². The van der Waals surface area contributed by atoms with Gasteiger partial charge in [0.05, 0.1) is 11.3 Å². The van der Waals surface area contributed by atoms with E-state index < -0.39 is 34.5 Å². The number of carboxylic acids is 1. The van der Waals surface area contributed by atoms with Gasteiger partial charge in [0.25, 0.3) is 11.5 Å². The highest BCUT2D eigenvalue weighted by Gasteiger charge is 2.14. The lowest BCUT2D eigenvalue weighted by Gasteiger charge is -2.06. The van der Waals surface area contributed by atoms with Crippen LogP contribution in [0.3, 0.4) is 0 Å². The summed E-state index contributed by atoms with van der Waals surface area (Å²) in [5.41, 5.74) is -2.72. The average molecular weight is 293 g/mol. The summed E-state index contributed by atoms with van der Waals surface area (Å²) in [4.78, 5) is 48.6. The zero-order valence-corrected chi connectivity index (χ0v) is 10.3. The van der Waals surface area contributed by atoms with E-state index in [1.165, 1.54) is 0 Å². The Kier molecular flexibility index (Phi) is 3.65. The number of aromatic amines is 2. The molecular weight excluding hydrogens is 285 g/mol. The van der Waals surface area contributed by atoms with Crippen molar-refractivity contribution in [3.63, 3.8) is 0 Å². The zero-order valence-electron chi connectivity index (χ0n) is 10.3. The van der Waals surface area contributed by atoms with Crippen molar-refractivity contribution >= 4 is 17.6 Å². The lowest BCUT2D eigenvalue weighted by molar-refractivity contribution is 0.0696. The van der Waals surface area contributed by atoms with Crippen LogP contribution in [0, 0.1) is 5.82 Å². The molecule has 0 aliphatic carbocycles. The third kappa shape index (κ3) is 3.03. The number of carboxylic acid groups (broad SMARTS) is 1. The minimum Gasteiger partial charge on any atom is -0.478 e. The lowest BCUT2D eigenvalue weighted by atomic mass is 10.2. The molecule has 1 aromatic heterocycles. The Morgan fingerprint density at radius 3 is 2.52 bits per heavy atom. The minimum absolute atomic E-state index is 0.285. The van der Waals surface area contributed by atoms with Gasteiger partial charge in [-0.2, -0.15) is 0 Å². The number of amides is 1. The average Bonchev–Trinajstić information content (AvgIpc) is 2.40. The second kappa shape index (κ2) is 5.41. The molecule has 0 unspecified atom stereocenters. The first-order chi connectivity index (χ1) is 9.88. The number of hydrogen-bond donors (Lipinski definition) is 4. The third-order valence-corrected chi connectivity index (χ3v) is 2.53. The van der Waals surface area contributed by atoms with Crippen molar-refractivity contribution in [3.05, 3.63) is 62.2 Å². The van der Waals surface area contributed by atoms with Gasteiger partial charge in [-0.25, -0.2) is 14.0 Å². The highest BCUT2D eigenvalue weighted by Crippen LogP contribution is 2.16. The maximum atomic E-state index is 13.6. The molecule has 1 aromatic carbocycles. The summed E-state index contributed by atoms with van der Waals surface area (Å²) in [6.07, 6.45) is 0.889. The Labute approximate surface area is 115 Å². The summed E-state index contributed by atoms with van der Waals surface area (Å²) >= 11 is 0. The zero-order chi connectivity index (χ0) is 15.6. The number of nitrogens with one attached hydrogen (secondary N) is 3. The van der Waals surface area contributed by atoms with Gasteiger partial charge in [-0.15, -0.1) is 0 Å². The number of aromatic nitrogens is 2. The predicted molar refractivity (Wildman–Crippen MR) is 69.0 cm³/mol. The molecule has 2 aromatic rings. The normalized spacial score (nSPS) is 10.1. The van der Waals surface area contributed by atoms with Crippen LogP contribution in [0.4, 0.5) is 10.1 Å². The van der Waals surface area contributed by atoms with Crippen molar-refractivity contribution in [2.45, 2.75) is 0 Å². The first kappa shape index (κ1) is 14.2. The number of H-pyrrole nitrogens is 2. The van der Waals surface area contributed by atoms with Crippen LogP contribution in [0.5, 0.6) is 0 Å². The monoisotopic (exact) mass is 293 g/mol. The number of halogens is 1. The fourth-order valence-electron chi connectivity index (χ4n) is 1.52. The molecule has 9 heteroatoms. The highest BCUT2D eigenvalue weighted by atomic mass is 19.1. The summed E-state index contributed by atoms with van der Waals surface area (Å²) < 4.78 is 13.6. The van der Waals surface area contributed by atoms with Gasteiger partial charge in [-0.05, 0) is 18.2 Å². The topological polar surface area (TPSA) is 132 Å². The van der Waals surface area contributed by atoms with E-state index in [0.29, 0.717) is 0 Å². The number of anilines is 1. The van der Waals surface area contributed by atoms with Crippen LogP contribution in [0.1, 0.15) is 20.7 Å². The Balaban J connectivity index is 2.29. The van der Waals surface area contributed by atoms with E-state index in [2.05, 4.69) is 10.3 Å². The number of hydrogen-bond acceptors (Lipinski definition) is 4. The largest absolute Gasteiger partial charge is 0.478 e. The molecule has 0 saturated heterocycles. The number of carbonyl (C=O) groups is 2. The van der Waals surface area contributed by atoms with Crippen LogP contribution in [0.15, 0.2) is 34.0 Å². The Morgan fingerprint density at radius 1 is 1.24 bits per heavy atom. The standard InChI is InChI=1S/C12H8FN3O5/c13-7-3-5(11(19)20)1-2-8(7)15-9(17)6-4-14-12(21)16-10(6)18/h1-4H,(H,15,17)(H,19,20)(H2,14,16,18,21). The van der Waals surface area contributed by atoms with Gasteiger partial charge in [0, 0.05) is 6.20 Å². The van der Waals surface area contributed by atoms with Crippen LogP contribution in [0.25, 0.3) is 0 Å². The smallest absolute Gasteiger partial charge is 0.335 e. The van der Waals surface area contributed by atoms with E-state index in [1.54, 1.807) is 0 Å². The molecule has 0 aliphatic heterocycles. The molecule has 8 nitrogen and oxygen atoms in total. The molecule has 1 amide bonds. The summed E-state index contributed by atoms with van der Waals surface area (Å²) in [5.74, 6) is -3.23. The van der Waals surface area contributed by atoms with E-state index >= 15 is 0 Å². The Morgan fingerprint density at radius 2 is 1.95 bits per heavy atom. The number of benzene rings is 1. The van der Waals surface area contributed by atoms with Gasteiger partial charge in [0.15, 0.2) is 0 Å². The van der Waals surface area contributed by atoms with Crippen LogP contribution < -0.4 is 16.6 Å². The first-order valence-electron chi connectivity index (χ1n) is 5.54. The van der Waals surface area contributed by atoms with E-state index in [9.17, 15) is 23.6 Å². The van der Waals surface area contributed by atoms with Crippen molar-refractivity contribution in [2.75, 3.05) is 5.32 Å². The van der Waals surface area contributed by atoms with Crippen molar-refractivity contribution in [1.82, 2.24) is 9.97 Å². The fourth-order valence-corrected chi connectivity index (χ4v) is 1.52. The summed E-state index contributed by atoms with van der Waals surface area (Å²) in [7, 11) is 0. The number of carbonyl (C=O) groups excluding carboxylic acids is 1. The molecule has 0 atom stereocenters. The summed E-state index contributed by atoms with van der Waals surface area (Å²) in [6.45, 7) is 0.